The summed E-state index contributed by atoms with van der Waals surface area (Å²) < 4.78 is 54.6. The standard InChI is InChI=1S/C11H18N2O5S2/c1-8-10(7-12)11(9(2)18-8)20(16,17)13-3-5-19(14,15)6-4-13/h3-7,12H2,1-2H3. The molecule has 0 radical (unpaired) electrons. The molecule has 0 atom stereocenters. The van der Waals surface area contributed by atoms with Crippen LogP contribution in [0.15, 0.2) is 9.31 Å². The third kappa shape index (κ3) is 2.62. The fraction of sp³-hybridized carbons (Fsp3) is 0.636. The van der Waals surface area contributed by atoms with E-state index < -0.39 is 19.9 Å². The molecule has 1 aliphatic heterocycles. The van der Waals surface area contributed by atoms with Crippen molar-refractivity contribution in [3.8, 4) is 0 Å². The summed E-state index contributed by atoms with van der Waals surface area (Å²) in [6.07, 6.45) is 0. The van der Waals surface area contributed by atoms with Gasteiger partial charge < -0.3 is 10.2 Å². The highest BCUT2D eigenvalue weighted by Crippen LogP contribution is 2.29. The lowest BCUT2D eigenvalue weighted by Crippen LogP contribution is -2.44. The summed E-state index contributed by atoms with van der Waals surface area (Å²) in [5.41, 5.74) is 6.05. The lowest BCUT2D eigenvalue weighted by atomic mass is 10.2. The Bertz CT molecular complexity index is 704. The van der Waals surface area contributed by atoms with Crippen molar-refractivity contribution in [3.63, 3.8) is 0 Å². The molecule has 1 aromatic rings. The Hall–Kier alpha value is -0.900. The smallest absolute Gasteiger partial charge is 0.246 e. The van der Waals surface area contributed by atoms with E-state index in [-0.39, 0.29) is 41.8 Å². The molecule has 0 spiro atoms. The Morgan fingerprint density at radius 1 is 1.20 bits per heavy atom. The Balaban J connectivity index is 2.42. The van der Waals surface area contributed by atoms with Crippen LogP contribution in [0.1, 0.15) is 17.1 Å². The highest BCUT2D eigenvalue weighted by Gasteiger charge is 2.35. The van der Waals surface area contributed by atoms with Gasteiger partial charge in [-0.3, -0.25) is 0 Å². The van der Waals surface area contributed by atoms with E-state index in [2.05, 4.69) is 0 Å². The van der Waals surface area contributed by atoms with E-state index in [0.29, 0.717) is 11.3 Å². The third-order valence-electron chi connectivity index (χ3n) is 3.43. The zero-order chi connectivity index (χ0) is 15.1. The van der Waals surface area contributed by atoms with Gasteiger partial charge in [0.2, 0.25) is 10.0 Å². The van der Waals surface area contributed by atoms with E-state index in [1.54, 1.807) is 13.8 Å². The van der Waals surface area contributed by atoms with Crippen LogP contribution in [0.2, 0.25) is 0 Å². The molecular weight excluding hydrogens is 304 g/mol. The number of nitrogens with two attached hydrogens (primary N) is 1. The molecule has 2 rings (SSSR count). The number of hydrogen-bond acceptors (Lipinski definition) is 6. The average molecular weight is 322 g/mol. The third-order valence-corrected chi connectivity index (χ3v) is 7.13. The summed E-state index contributed by atoms with van der Waals surface area (Å²) in [4.78, 5) is 0.0804. The van der Waals surface area contributed by atoms with Gasteiger partial charge in [-0.1, -0.05) is 0 Å². The van der Waals surface area contributed by atoms with Gasteiger partial charge in [-0.25, -0.2) is 16.8 Å². The maximum absolute atomic E-state index is 12.6. The molecule has 0 aliphatic carbocycles. The lowest BCUT2D eigenvalue weighted by molar-refractivity contribution is 0.427. The summed E-state index contributed by atoms with van der Waals surface area (Å²) in [6.45, 7) is 3.23. The molecule has 0 bridgehead atoms. The first-order valence-corrected chi connectivity index (χ1v) is 9.44. The normalized spacial score (nSPS) is 20.1. The van der Waals surface area contributed by atoms with Crippen molar-refractivity contribution in [2.45, 2.75) is 25.3 Å². The van der Waals surface area contributed by atoms with Crippen LogP contribution in [-0.4, -0.2) is 45.7 Å². The minimum Gasteiger partial charge on any atom is -0.465 e. The van der Waals surface area contributed by atoms with E-state index in [4.69, 9.17) is 10.2 Å². The SMILES string of the molecule is Cc1oc(C)c(S(=O)(=O)N2CCS(=O)(=O)CC2)c1CN. The molecule has 1 aromatic heterocycles. The Kier molecular flexibility index (Phi) is 3.98. The van der Waals surface area contributed by atoms with Crippen LogP contribution < -0.4 is 5.73 Å². The van der Waals surface area contributed by atoms with Gasteiger partial charge in [0.1, 0.15) is 16.4 Å². The molecule has 1 saturated heterocycles. The molecule has 20 heavy (non-hydrogen) atoms. The highest BCUT2D eigenvalue weighted by molar-refractivity contribution is 7.92. The van der Waals surface area contributed by atoms with Crippen LogP contribution in [0.25, 0.3) is 0 Å². The van der Waals surface area contributed by atoms with E-state index >= 15 is 0 Å². The Morgan fingerprint density at radius 2 is 1.75 bits per heavy atom. The number of nitrogens with zero attached hydrogens (tertiary/aromatic N) is 1. The fourth-order valence-electron chi connectivity index (χ4n) is 2.35. The fourth-order valence-corrected chi connectivity index (χ4v) is 5.65. The van der Waals surface area contributed by atoms with Gasteiger partial charge in [-0.05, 0) is 13.8 Å². The number of aryl methyl sites for hydroxylation is 2. The second-order valence-electron chi connectivity index (χ2n) is 4.78. The molecular formula is C11H18N2O5S2. The average Bonchev–Trinajstić information content (AvgIpc) is 2.63. The molecule has 0 unspecified atom stereocenters. The number of hydrogen-bond donors (Lipinski definition) is 1. The predicted octanol–water partition coefficient (Wildman–Crippen LogP) is -0.226. The first-order valence-electron chi connectivity index (χ1n) is 6.18. The molecule has 0 amide bonds. The van der Waals surface area contributed by atoms with Crippen LogP contribution in [0.4, 0.5) is 0 Å². The number of sulfone groups is 1. The zero-order valence-electron chi connectivity index (χ0n) is 11.4. The molecule has 1 fully saturated rings. The lowest BCUT2D eigenvalue weighted by Gasteiger charge is -2.26. The largest absolute Gasteiger partial charge is 0.465 e. The van der Waals surface area contributed by atoms with Crippen molar-refractivity contribution in [2.75, 3.05) is 24.6 Å². The van der Waals surface area contributed by atoms with E-state index in [1.165, 1.54) is 4.31 Å². The second-order valence-corrected chi connectivity index (χ2v) is 8.96. The molecule has 2 N–H and O–H groups in total. The second kappa shape index (κ2) is 5.14. The quantitative estimate of drug-likeness (QED) is 0.823. The van der Waals surface area contributed by atoms with Crippen molar-refractivity contribution in [2.24, 2.45) is 5.73 Å². The topological polar surface area (TPSA) is 111 Å². The highest BCUT2D eigenvalue weighted by atomic mass is 32.2. The molecule has 1 aliphatic rings. The van der Waals surface area contributed by atoms with Gasteiger partial charge in [0.05, 0.1) is 11.5 Å². The zero-order valence-corrected chi connectivity index (χ0v) is 13.1. The molecule has 114 valence electrons. The van der Waals surface area contributed by atoms with Crippen LogP contribution in [0, 0.1) is 13.8 Å². The molecule has 0 saturated carbocycles. The van der Waals surface area contributed by atoms with Gasteiger partial charge in [0.15, 0.2) is 9.84 Å². The monoisotopic (exact) mass is 322 g/mol. The molecule has 7 nitrogen and oxygen atoms in total. The maximum atomic E-state index is 12.6. The van der Waals surface area contributed by atoms with Crippen LogP contribution in [0.5, 0.6) is 0 Å². The van der Waals surface area contributed by atoms with Crippen molar-refractivity contribution in [1.82, 2.24) is 4.31 Å². The van der Waals surface area contributed by atoms with E-state index in [0.717, 1.165) is 0 Å². The van der Waals surface area contributed by atoms with Crippen molar-refractivity contribution >= 4 is 19.9 Å². The minimum absolute atomic E-state index is 0.0294. The summed E-state index contributed by atoms with van der Waals surface area (Å²) in [7, 11) is -6.90. The van der Waals surface area contributed by atoms with Gasteiger partial charge in [0, 0.05) is 25.2 Å². The molecule has 0 aromatic carbocycles. The van der Waals surface area contributed by atoms with E-state index in [1.807, 2.05) is 0 Å². The number of rotatable bonds is 3. The van der Waals surface area contributed by atoms with Crippen molar-refractivity contribution in [3.05, 3.63) is 17.1 Å². The van der Waals surface area contributed by atoms with Gasteiger partial charge >= 0.3 is 0 Å². The minimum atomic E-state index is -3.77. The predicted molar refractivity (Wildman–Crippen MR) is 73.5 cm³/mol. The first kappa shape index (κ1) is 15.5. The van der Waals surface area contributed by atoms with Crippen LogP contribution in [0.3, 0.4) is 0 Å². The van der Waals surface area contributed by atoms with E-state index in [9.17, 15) is 16.8 Å². The Labute approximate surface area is 118 Å². The summed E-state index contributed by atoms with van der Waals surface area (Å²) in [5.74, 6) is 0.463. The summed E-state index contributed by atoms with van der Waals surface area (Å²) in [5, 5.41) is 0. The van der Waals surface area contributed by atoms with Gasteiger partial charge in [0.25, 0.3) is 0 Å². The number of sulfonamides is 1. The van der Waals surface area contributed by atoms with Crippen molar-refractivity contribution < 1.29 is 21.3 Å². The van der Waals surface area contributed by atoms with Crippen LogP contribution in [-0.2, 0) is 26.4 Å². The Morgan fingerprint density at radius 3 is 2.25 bits per heavy atom. The first-order chi connectivity index (χ1) is 9.19. The van der Waals surface area contributed by atoms with Gasteiger partial charge in [-0.2, -0.15) is 4.31 Å². The van der Waals surface area contributed by atoms with Crippen LogP contribution >= 0.6 is 0 Å². The summed E-state index contributed by atoms with van der Waals surface area (Å²) in [6, 6.07) is 0. The summed E-state index contributed by atoms with van der Waals surface area (Å²) >= 11 is 0. The number of furan rings is 1. The maximum Gasteiger partial charge on any atom is 0.246 e. The van der Waals surface area contributed by atoms with Gasteiger partial charge in [-0.15, -0.1) is 0 Å². The molecule has 9 heteroatoms. The molecule has 2 heterocycles. The van der Waals surface area contributed by atoms with Crippen molar-refractivity contribution in [1.29, 1.82) is 0 Å².